The fourth-order valence-electron chi connectivity index (χ4n) is 2.06. The van der Waals surface area contributed by atoms with Gasteiger partial charge in [-0.25, -0.2) is 0 Å². The van der Waals surface area contributed by atoms with Gasteiger partial charge in [0.1, 0.15) is 0 Å². The van der Waals surface area contributed by atoms with Crippen LogP contribution in [0.25, 0.3) is 0 Å². The third-order valence-corrected chi connectivity index (χ3v) is 3.20. The van der Waals surface area contributed by atoms with Crippen LogP contribution < -0.4 is 0 Å². The van der Waals surface area contributed by atoms with Crippen LogP contribution in [0.4, 0.5) is 0 Å². The van der Waals surface area contributed by atoms with E-state index < -0.39 is 5.41 Å². The highest BCUT2D eigenvalue weighted by Gasteiger charge is 2.32. The number of hydrogen-bond acceptors (Lipinski definition) is 3. The molecule has 0 saturated carbocycles. The van der Waals surface area contributed by atoms with Crippen LogP contribution in [-0.4, -0.2) is 0 Å². The van der Waals surface area contributed by atoms with Crippen molar-refractivity contribution in [3.05, 3.63) is 71.3 Å². The molecule has 0 aliphatic heterocycles. The van der Waals surface area contributed by atoms with E-state index in [4.69, 9.17) is 5.26 Å². The smallest absolute Gasteiger partial charge is 0.172 e. The molecule has 3 nitrogen and oxygen atoms in total. The first-order valence-electron chi connectivity index (χ1n) is 6.11. The van der Waals surface area contributed by atoms with Crippen LogP contribution in [0.1, 0.15) is 16.7 Å². The van der Waals surface area contributed by atoms with Crippen molar-refractivity contribution < 1.29 is 0 Å². The van der Waals surface area contributed by atoms with Crippen molar-refractivity contribution in [3.63, 3.8) is 0 Å². The molecular formula is C17H11N3. The zero-order valence-electron chi connectivity index (χ0n) is 10.7. The summed E-state index contributed by atoms with van der Waals surface area (Å²) in [5, 5.41) is 27.7. The predicted molar refractivity (Wildman–Crippen MR) is 74.2 cm³/mol. The van der Waals surface area contributed by atoms with Crippen LogP contribution in [0, 0.1) is 34.0 Å². The number of nitrogens with zero attached hydrogens (tertiary/aromatic N) is 3. The Balaban J connectivity index is 2.38. The highest BCUT2D eigenvalue weighted by molar-refractivity contribution is 5.43. The average Bonchev–Trinajstić information content (AvgIpc) is 2.54. The van der Waals surface area contributed by atoms with E-state index in [0.717, 1.165) is 5.56 Å². The molecule has 2 aromatic rings. The van der Waals surface area contributed by atoms with Gasteiger partial charge in [-0.3, -0.25) is 0 Å². The van der Waals surface area contributed by atoms with Gasteiger partial charge in [-0.05, 0) is 23.3 Å². The first-order valence-corrected chi connectivity index (χ1v) is 6.11. The zero-order valence-corrected chi connectivity index (χ0v) is 10.7. The van der Waals surface area contributed by atoms with Gasteiger partial charge in [0.25, 0.3) is 0 Å². The van der Waals surface area contributed by atoms with Crippen molar-refractivity contribution in [2.45, 2.75) is 11.8 Å². The van der Waals surface area contributed by atoms with Crippen LogP contribution in [-0.2, 0) is 11.8 Å². The minimum atomic E-state index is -1.20. The summed E-state index contributed by atoms with van der Waals surface area (Å²) in [5.74, 6) is 0. The molecule has 2 aromatic carbocycles. The molecule has 0 aliphatic carbocycles. The molecule has 20 heavy (non-hydrogen) atoms. The monoisotopic (exact) mass is 257 g/mol. The van der Waals surface area contributed by atoms with E-state index in [-0.39, 0.29) is 0 Å². The maximum absolute atomic E-state index is 9.47. The Morgan fingerprint density at radius 3 is 1.90 bits per heavy atom. The van der Waals surface area contributed by atoms with Crippen LogP contribution in [0.5, 0.6) is 0 Å². The molecule has 0 atom stereocenters. The summed E-state index contributed by atoms with van der Waals surface area (Å²) in [6.45, 7) is 0. The first-order chi connectivity index (χ1) is 9.74. The van der Waals surface area contributed by atoms with Gasteiger partial charge in [-0.2, -0.15) is 15.8 Å². The third kappa shape index (κ3) is 2.51. The van der Waals surface area contributed by atoms with Crippen LogP contribution in [0.2, 0.25) is 0 Å². The van der Waals surface area contributed by atoms with E-state index in [0.29, 0.717) is 17.5 Å². The molecule has 0 aromatic heterocycles. The second-order valence-electron chi connectivity index (χ2n) is 4.48. The van der Waals surface area contributed by atoms with Crippen molar-refractivity contribution in [2.75, 3.05) is 0 Å². The Hall–Kier alpha value is -3.09. The topological polar surface area (TPSA) is 71.4 Å². The summed E-state index contributed by atoms with van der Waals surface area (Å²) in [7, 11) is 0. The van der Waals surface area contributed by atoms with Crippen LogP contribution >= 0.6 is 0 Å². The van der Waals surface area contributed by atoms with Gasteiger partial charge in [-0.15, -0.1) is 0 Å². The fraction of sp³-hybridized carbons (Fsp3) is 0.118. The largest absolute Gasteiger partial charge is 0.196 e. The third-order valence-electron chi connectivity index (χ3n) is 3.20. The lowest BCUT2D eigenvalue weighted by molar-refractivity contribution is 0.695. The van der Waals surface area contributed by atoms with Crippen molar-refractivity contribution >= 4 is 0 Å². The summed E-state index contributed by atoms with van der Waals surface area (Å²) < 4.78 is 0. The Kier molecular flexibility index (Phi) is 3.80. The fourth-order valence-corrected chi connectivity index (χ4v) is 2.06. The molecule has 0 saturated heterocycles. The standard InChI is InChI=1S/C17H11N3/c18-11-15-8-6-14(7-9-15)10-17(12-19,13-20)16-4-2-1-3-5-16/h1-9H,10H2. The Labute approximate surface area is 117 Å². The highest BCUT2D eigenvalue weighted by atomic mass is 14.4. The molecule has 0 amide bonds. The molecule has 0 fully saturated rings. The number of rotatable bonds is 3. The lowest BCUT2D eigenvalue weighted by atomic mass is 9.78. The van der Waals surface area contributed by atoms with E-state index >= 15 is 0 Å². The lowest BCUT2D eigenvalue weighted by Gasteiger charge is -2.19. The van der Waals surface area contributed by atoms with Gasteiger partial charge in [-0.1, -0.05) is 42.5 Å². The normalized spacial score (nSPS) is 10.1. The number of hydrogen-bond donors (Lipinski definition) is 0. The van der Waals surface area contributed by atoms with Gasteiger partial charge >= 0.3 is 0 Å². The van der Waals surface area contributed by atoms with E-state index in [1.165, 1.54) is 0 Å². The van der Waals surface area contributed by atoms with Gasteiger partial charge in [0.2, 0.25) is 0 Å². The molecule has 3 heteroatoms. The van der Waals surface area contributed by atoms with Gasteiger partial charge in [0.15, 0.2) is 5.41 Å². The van der Waals surface area contributed by atoms with Crippen LogP contribution in [0.15, 0.2) is 54.6 Å². The van der Waals surface area contributed by atoms with Crippen molar-refractivity contribution in [2.24, 2.45) is 0 Å². The quantitative estimate of drug-likeness (QED) is 0.848. The minimum Gasteiger partial charge on any atom is -0.196 e. The molecule has 0 N–H and O–H groups in total. The molecule has 0 bridgehead atoms. The Morgan fingerprint density at radius 2 is 1.40 bits per heavy atom. The van der Waals surface area contributed by atoms with Crippen LogP contribution in [0.3, 0.4) is 0 Å². The molecule has 0 aliphatic rings. The Bertz CT molecular complexity index is 696. The molecule has 0 radical (unpaired) electrons. The Morgan fingerprint density at radius 1 is 0.800 bits per heavy atom. The van der Waals surface area contributed by atoms with E-state index in [1.807, 2.05) is 24.3 Å². The van der Waals surface area contributed by atoms with E-state index in [9.17, 15) is 10.5 Å². The minimum absolute atomic E-state index is 0.301. The first kappa shape index (κ1) is 13.3. The molecule has 94 valence electrons. The number of benzene rings is 2. The van der Waals surface area contributed by atoms with Gasteiger partial charge < -0.3 is 0 Å². The summed E-state index contributed by atoms with van der Waals surface area (Å²) in [6.07, 6.45) is 0.301. The summed E-state index contributed by atoms with van der Waals surface area (Å²) in [4.78, 5) is 0. The zero-order chi connectivity index (χ0) is 14.4. The molecule has 0 unspecified atom stereocenters. The predicted octanol–water partition coefficient (Wildman–Crippen LogP) is 3.09. The molecular weight excluding hydrogens is 246 g/mol. The summed E-state index contributed by atoms with van der Waals surface area (Å²) >= 11 is 0. The summed E-state index contributed by atoms with van der Waals surface area (Å²) in [5.41, 5.74) is 0.911. The SMILES string of the molecule is N#Cc1ccc(CC(C#N)(C#N)c2ccccc2)cc1. The lowest BCUT2D eigenvalue weighted by Crippen LogP contribution is -2.25. The van der Waals surface area contributed by atoms with Crippen molar-refractivity contribution in [1.82, 2.24) is 0 Å². The second-order valence-corrected chi connectivity index (χ2v) is 4.48. The van der Waals surface area contributed by atoms with E-state index in [1.54, 1.807) is 36.4 Å². The summed E-state index contributed by atoms with van der Waals surface area (Å²) in [6, 6.07) is 22.3. The second kappa shape index (κ2) is 5.70. The van der Waals surface area contributed by atoms with Crippen molar-refractivity contribution in [3.8, 4) is 18.2 Å². The maximum atomic E-state index is 9.47. The average molecular weight is 257 g/mol. The van der Waals surface area contributed by atoms with Gasteiger partial charge in [0.05, 0.1) is 23.8 Å². The van der Waals surface area contributed by atoms with Gasteiger partial charge in [0, 0.05) is 6.42 Å². The number of nitriles is 3. The highest BCUT2D eigenvalue weighted by Crippen LogP contribution is 2.27. The molecule has 0 heterocycles. The molecule has 2 rings (SSSR count). The van der Waals surface area contributed by atoms with Crippen molar-refractivity contribution in [1.29, 1.82) is 15.8 Å². The molecule has 0 spiro atoms. The van der Waals surface area contributed by atoms with E-state index in [2.05, 4.69) is 12.1 Å². The maximum Gasteiger partial charge on any atom is 0.172 e.